The SMILES string of the molecule is [C-]#CCCC#C.[Li+]. The van der Waals surface area contributed by atoms with Crippen molar-refractivity contribution >= 4 is 0 Å². The van der Waals surface area contributed by atoms with E-state index in [1.807, 2.05) is 0 Å². The van der Waals surface area contributed by atoms with E-state index in [1.165, 1.54) is 0 Å². The normalized spacial score (nSPS) is 4.86. The summed E-state index contributed by atoms with van der Waals surface area (Å²) in [6.45, 7) is 0. The van der Waals surface area contributed by atoms with Crippen LogP contribution in [-0.4, -0.2) is 0 Å². The molecule has 7 heavy (non-hydrogen) atoms. The maximum absolute atomic E-state index is 6.36. The van der Waals surface area contributed by atoms with Crippen LogP contribution >= 0.6 is 0 Å². The third kappa shape index (κ3) is 10.7. The average molecular weight is 84.0 g/mol. The van der Waals surface area contributed by atoms with Gasteiger partial charge in [-0.3, -0.25) is 0 Å². The summed E-state index contributed by atoms with van der Waals surface area (Å²) in [5, 5.41) is 0. The summed E-state index contributed by atoms with van der Waals surface area (Å²) < 4.78 is 0. The molecule has 0 radical (unpaired) electrons. The van der Waals surface area contributed by atoms with Crippen molar-refractivity contribution in [3.63, 3.8) is 0 Å². The Hall–Kier alpha value is -0.283. The van der Waals surface area contributed by atoms with Gasteiger partial charge in [-0.25, -0.2) is 0 Å². The summed E-state index contributed by atoms with van der Waals surface area (Å²) >= 11 is 0. The summed E-state index contributed by atoms with van der Waals surface area (Å²) in [4.78, 5) is 0. The Morgan fingerprint density at radius 3 is 2.14 bits per heavy atom. The summed E-state index contributed by atoms with van der Waals surface area (Å²) in [7, 11) is 0. The predicted octanol–water partition coefficient (Wildman–Crippen LogP) is -2.01. The number of hydrogen-bond acceptors (Lipinski definition) is 0. The third-order valence-corrected chi connectivity index (χ3v) is 0.394. The molecule has 0 unspecified atom stereocenters. The Kier molecular flexibility index (Phi) is 13.0. The Morgan fingerprint density at radius 1 is 1.43 bits per heavy atom. The molecular formula is C6H5Li. The van der Waals surface area contributed by atoms with E-state index in [0.717, 1.165) is 0 Å². The van der Waals surface area contributed by atoms with Crippen LogP contribution in [0.15, 0.2) is 0 Å². The molecule has 0 amide bonds. The van der Waals surface area contributed by atoms with E-state index in [4.69, 9.17) is 12.8 Å². The second-order valence-electron chi connectivity index (χ2n) is 0.881. The van der Waals surface area contributed by atoms with Gasteiger partial charge in [0.15, 0.2) is 0 Å². The fourth-order valence-corrected chi connectivity index (χ4v) is 0.135. The Labute approximate surface area is 56.9 Å². The smallest absolute Gasteiger partial charge is 0.694 e. The van der Waals surface area contributed by atoms with Gasteiger partial charge in [0.2, 0.25) is 0 Å². The Balaban J connectivity index is 0. The molecule has 0 saturated carbocycles. The summed E-state index contributed by atoms with van der Waals surface area (Å²) in [6.07, 6.45) is 12.4. The molecular weight excluding hydrogens is 79.0 g/mol. The van der Waals surface area contributed by atoms with Gasteiger partial charge in [0.05, 0.1) is 0 Å². The first-order valence-corrected chi connectivity index (χ1v) is 1.75. The molecule has 0 atom stereocenters. The maximum atomic E-state index is 6.36. The number of rotatable bonds is 1. The molecule has 30 valence electrons. The molecule has 0 nitrogen and oxygen atoms in total. The molecule has 0 aromatic rings. The first kappa shape index (κ1) is 9.87. The van der Waals surface area contributed by atoms with Crippen LogP contribution in [0.5, 0.6) is 0 Å². The standard InChI is InChI=1S/C6H5.Li/c1-3-5-6-4-2;/h1H,5-6H2;/q-1;+1. The average Bonchev–Trinajstić information content (AvgIpc) is 1.61. The molecule has 0 aliphatic heterocycles. The molecule has 0 saturated heterocycles. The quantitative estimate of drug-likeness (QED) is 0.149. The third-order valence-electron chi connectivity index (χ3n) is 0.394. The number of unbranched alkanes of at least 4 members (excludes halogenated alkanes) is 1. The van der Waals surface area contributed by atoms with E-state index in [1.54, 1.807) is 0 Å². The van der Waals surface area contributed by atoms with Crippen LogP contribution < -0.4 is 18.9 Å². The fourth-order valence-electron chi connectivity index (χ4n) is 0.135. The van der Waals surface area contributed by atoms with Crippen LogP contribution in [0.4, 0.5) is 0 Å². The van der Waals surface area contributed by atoms with E-state index in [2.05, 4.69) is 11.8 Å². The second kappa shape index (κ2) is 9.21. The van der Waals surface area contributed by atoms with Gasteiger partial charge in [0.1, 0.15) is 0 Å². The molecule has 0 fully saturated rings. The molecule has 1 heteroatoms. The van der Waals surface area contributed by atoms with Gasteiger partial charge in [0.25, 0.3) is 0 Å². The van der Waals surface area contributed by atoms with Crippen LogP contribution in [0.2, 0.25) is 0 Å². The summed E-state index contributed by atoms with van der Waals surface area (Å²) in [5.41, 5.74) is 0. The van der Waals surface area contributed by atoms with Crippen LogP contribution in [0, 0.1) is 24.7 Å². The van der Waals surface area contributed by atoms with Crippen LogP contribution in [0.1, 0.15) is 12.8 Å². The summed E-state index contributed by atoms with van der Waals surface area (Å²) in [6, 6.07) is 0. The van der Waals surface area contributed by atoms with Crippen molar-refractivity contribution < 1.29 is 18.9 Å². The molecule has 0 aromatic carbocycles. The number of terminal acetylenes is 1. The van der Waals surface area contributed by atoms with Crippen molar-refractivity contribution in [1.82, 2.24) is 0 Å². The van der Waals surface area contributed by atoms with Gasteiger partial charge in [-0.15, -0.1) is 12.3 Å². The zero-order valence-electron chi connectivity index (χ0n) is 4.49. The minimum atomic E-state index is 0. The molecule has 0 bridgehead atoms. The zero-order valence-corrected chi connectivity index (χ0v) is 4.49. The van der Waals surface area contributed by atoms with Gasteiger partial charge in [-0.1, -0.05) is 0 Å². The fraction of sp³-hybridized carbons (Fsp3) is 0.333. The van der Waals surface area contributed by atoms with Crippen molar-refractivity contribution in [2.24, 2.45) is 0 Å². The van der Waals surface area contributed by atoms with Crippen LogP contribution in [-0.2, 0) is 0 Å². The monoisotopic (exact) mass is 84.1 g/mol. The molecule has 0 aliphatic rings. The van der Waals surface area contributed by atoms with Crippen molar-refractivity contribution in [3.05, 3.63) is 6.42 Å². The molecule has 0 aromatic heterocycles. The van der Waals surface area contributed by atoms with E-state index in [9.17, 15) is 0 Å². The second-order valence-corrected chi connectivity index (χ2v) is 0.881. The van der Waals surface area contributed by atoms with Crippen molar-refractivity contribution in [2.45, 2.75) is 12.8 Å². The minimum absolute atomic E-state index is 0. The maximum Gasteiger partial charge on any atom is 1.00 e. The number of hydrogen-bond donors (Lipinski definition) is 0. The molecule has 0 aliphatic carbocycles. The molecule has 0 spiro atoms. The van der Waals surface area contributed by atoms with E-state index in [0.29, 0.717) is 12.8 Å². The largest absolute Gasteiger partial charge is 1.00 e. The van der Waals surface area contributed by atoms with Crippen molar-refractivity contribution in [3.8, 4) is 18.3 Å². The minimum Gasteiger partial charge on any atom is -0.694 e. The molecule has 0 rings (SSSR count). The van der Waals surface area contributed by atoms with E-state index in [-0.39, 0.29) is 18.9 Å². The summed E-state index contributed by atoms with van der Waals surface area (Å²) in [5.74, 6) is 4.56. The van der Waals surface area contributed by atoms with Crippen molar-refractivity contribution in [1.29, 1.82) is 0 Å². The van der Waals surface area contributed by atoms with Crippen molar-refractivity contribution in [2.75, 3.05) is 0 Å². The Morgan fingerprint density at radius 2 is 2.00 bits per heavy atom. The first-order chi connectivity index (χ1) is 2.91. The van der Waals surface area contributed by atoms with Crippen LogP contribution in [0.3, 0.4) is 0 Å². The van der Waals surface area contributed by atoms with Gasteiger partial charge in [-0.2, -0.15) is 0 Å². The Bertz CT molecular complexity index is 77.7. The van der Waals surface area contributed by atoms with Gasteiger partial charge in [0, 0.05) is 6.42 Å². The van der Waals surface area contributed by atoms with Gasteiger partial charge >= 0.3 is 18.9 Å². The predicted molar refractivity (Wildman–Crippen MR) is 25.2 cm³/mol. The molecule has 0 N–H and O–H groups in total. The van der Waals surface area contributed by atoms with Crippen LogP contribution in [0.25, 0.3) is 0 Å². The van der Waals surface area contributed by atoms with E-state index < -0.39 is 0 Å². The van der Waals surface area contributed by atoms with E-state index >= 15 is 0 Å². The first-order valence-electron chi connectivity index (χ1n) is 1.75. The molecule has 0 heterocycles. The zero-order chi connectivity index (χ0) is 4.83. The van der Waals surface area contributed by atoms with Gasteiger partial charge in [-0.05, 0) is 6.42 Å². The topological polar surface area (TPSA) is 0 Å². The van der Waals surface area contributed by atoms with Gasteiger partial charge < -0.3 is 12.3 Å².